The highest BCUT2D eigenvalue weighted by molar-refractivity contribution is 9.10. The lowest BCUT2D eigenvalue weighted by molar-refractivity contribution is -0.116. The van der Waals surface area contributed by atoms with Gasteiger partial charge in [-0.3, -0.25) is 4.79 Å². The van der Waals surface area contributed by atoms with E-state index in [0.717, 1.165) is 21.3 Å². The minimum Gasteiger partial charge on any atom is -0.330 e. The van der Waals surface area contributed by atoms with Gasteiger partial charge in [0.15, 0.2) is 0 Å². The number of halogens is 2. The number of nitrogens with one attached hydrogen (secondary N) is 1. The fourth-order valence-corrected chi connectivity index (χ4v) is 1.60. The first-order valence-corrected chi connectivity index (χ1v) is 5.60. The van der Waals surface area contributed by atoms with Gasteiger partial charge in [0.25, 0.3) is 0 Å². The van der Waals surface area contributed by atoms with Crippen LogP contribution < -0.4 is 11.1 Å². The van der Waals surface area contributed by atoms with E-state index in [1.165, 1.54) is 0 Å². The minimum absolute atomic E-state index is 0. The summed E-state index contributed by atoms with van der Waals surface area (Å²) in [5.41, 5.74) is 8.34. The zero-order valence-electron chi connectivity index (χ0n) is 9.34. The van der Waals surface area contributed by atoms with Crippen molar-refractivity contribution in [2.75, 3.05) is 11.9 Å². The molecule has 0 aliphatic carbocycles. The van der Waals surface area contributed by atoms with Gasteiger partial charge in [0.2, 0.25) is 5.91 Å². The maximum atomic E-state index is 11.3. The van der Waals surface area contributed by atoms with E-state index in [1.54, 1.807) is 0 Å². The molecule has 1 rings (SSSR count). The van der Waals surface area contributed by atoms with Gasteiger partial charge >= 0.3 is 0 Å². The molecule has 0 saturated heterocycles. The van der Waals surface area contributed by atoms with E-state index >= 15 is 0 Å². The Balaban J connectivity index is 0.00000225. The predicted molar refractivity (Wildman–Crippen MR) is 73.2 cm³/mol. The monoisotopic (exact) mass is 306 g/mol. The number of carbonyl (C=O) groups excluding carboxylic acids is 1. The van der Waals surface area contributed by atoms with Crippen LogP contribution in [0.5, 0.6) is 0 Å². The molecule has 0 unspecified atom stereocenters. The molecule has 1 aromatic rings. The van der Waals surface area contributed by atoms with Crippen LogP contribution in [0.4, 0.5) is 5.69 Å². The van der Waals surface area contributed by atoms with E-state index in [-0.39, 0.29) is 18.3 Å². The SMILES string of the molecule is Cc1cc(NC(=O)CCN)cc(C)c1Br.Cl. The molecule has 16 heavy (non-hydrogen) atoms. The van der Waals surface area contributed by atoms with Crippen molar-refractivity contribution < 1.29 is 4.79 Å². The van der Waals surface area contributed by atoms with Gasteiger partial charge in [-0.2, -0.15) is 0 Å². The van der Waals surface area contributed by atoms with Crippen molar-refractivity contribution in [2.24, 2.45) is 5.73 Å². The van der Waals surface area contributed by atoms with Gasteiger partial charge in [-0.05, 0) is 37.1 Å². The van der Waals surface area contributed by atoms with Gasteiger partial charge in [-0.1, -0.05) is 15.9 Å². The van der Waals surface area contributed by atoms with Gasteiger partial charge in [0.05, 0.1) is 0 Å². The molecular weight excluding hydrogens is 291 g/mol. The van der Waals surface area contributed by atoms with Crippen molar-refractivity contribution in [1.29, 1.82) is 0 Å². The predicted octanol–water partition coefficient (Wildman–Crippen LogP) is 2.78. The van der Waals surface area contributed by atoms with E-state index < -0.39 is 0 Å². The molecular formula is C11H16BrClN2O. The Labute approximate surface area is 110 Å². The Morgan fingerprint density at radius 1 is 1.38 bits per heavy atom. The molecule has 0 aliphatic rings. The number of benzene rings is 1. The summed E-state index contributed by atoms with van der Waals surface area (Å²) in [5, 5.41) is 2.81. The number of anilines is 1. The van der Waals surface area contributed by atoms with Gasteiger partial charge in [-0.15, -0.1) is 12.4 Å². The van der Waals surface area contributed by atoms with Crippen molar-refractivity contribution in [3.63, 3.8) is 0 Å². The second-order valence-corrected chi connectivity index (χ2v) is 4.30. The zero-order valence-corrected chi connectivity index (χ0v) is 11.7. The third-order valence-corrected chi connectivity index (χ3v) is 3.34. The Morgan fingerprint density at radius 3 is 2.31 bits per heavy atom. The first-order chi connectivity index (χ1) is 7.04. The molecule has 3 nitrogen and oxygen atoms in total. The number of hydrogen-bond acceptors (Lipinski definition) is 2. The molecule has 0 atom stereocenters. The second-order valence-electron chi connectivity index (χ2n) is 3.51. The second kappa shape index (κ2) is 6.89. The van der Waals surface area contributed by atoms with Crippen LogP contribution in [0.1, 0.15) is 17.5 Å². The van der Waals surface area contributed by atoms with Crippen LogP contribution in [0.2, 0.25) is 0 Å². The number of amides is 1. The highest BCUT2D eigenvalue weighted by Gasteiger charge is 2.05. The molecule has 1 amide bonds. The largest absolute Gasteiger partial charge is 0.330 e. The van der Waals surface area contributed by atoms with Gasteiger partial charge in [0, 0.05) is 23.1 Å². The van der Waals surface area contributed by atoms with Crippen molar-refractivity contribution in [2.45, 2.75) is 20.3 Å². The number of nitrogens with two attached hydrogens (primary N) is 1. The van der Waals surface area contributed by atoms with Crippen molar-refractivity contribution >= 4 is 39.9 Å². The van der Waals surface area contributed by atoms with E-state index in [2.05, 4.69) is 21.2 Å². The van der Waals surface area contributed by atoms with Crippen LogP contribution in [0, 0.1) is 13.8 Å². The Kier molecular flexibility index (Phi) is 6.64. The van der Waals surface area contributed by atoms with Crippen LogP contribution in [0.25, 0.3) is 0 Å². The van der Waals surface area contributed by atoms with E-state index in [0.29, 0.717) is 13.0 Å². The molecule has 90 valence electrons. The standard InChI is InChI=1S/C11H15BrN2O.ClH/c1-7-5-9(6-8(2)11(7)12)14-10(15)3-4-13;/h5-6H,3-4,13H2,1-2H3,(H,14,15);1H. The van der Waals surface area contributed by atoms with Crippen LogP contribution >= 0.6 is 28.3 Å². The summed E-state index contributed by atoms with van der Waals surface area (Å²) in [4.78, 5) is 11.3. The molecule has 0 aromatic heterocycles. The van der Waals surface area contributed by atoms with E-state index in [1.807, 2.05) is 26.0 Å². The van der Waals surface area contributed by atoms with Crippen LogP contribution in [-0.2, 0) is 4.79 Å². The summed E-state index contributed by atoms with van der Waals surface area (Å²) in [5.74, 6) is -0.0429. The molecule has 0 saturated carbocycles. The summed E-state index contributed by atoms with van der Waals surface area (Å²) in [6.45, 7) is 4.37. The number of rotatable bonds is 3. The summed E-state index contributed by atoms with van der Waals surface area (Å²) in [7, 11) is 0. The summed E-state index contributed by atoms with van der Waals surface area (Å²) in [6.07, 6.45) is 0.355. The summed E-state index contributed by atoms with van der Waals surface area (Å²) in [6, 6.07) is 3.87. The van der Waals surface area contributed by atoms with Crippen LogP contribution in [0.3, 0.4) is 0 Å². The number of aryl methyl sites for hydroxylation is 2. The highest BCUT2D eigenvalue weighted by atomic mass is 79.9. The minimum atomic E-state index is -0.0429. The maximum Gasteiger partial charge on any atom is 0.225 e. The molecule has 0 fully saturated rings. The molecule has 5 heteroatoms. The van der Waals surface area contributed by atoms with E-state index in [9.17, 15) is 4.79 Å². The lowest BCUT2D eigenvalue weighted by Crippen LogP contribution is -2.16. The lowest BCUT2D eigenvalue weighted by atomic mass is 10.1. The Bertz CT molecular complexity index is 359. The van der Waals surface area contributed by atoms with Crippen molar-refractivity contribution in [1.82, 2.24) is 0 Å². The number of carbonyl (C=O) groups is 1. The summed E-state index contributed by atoms with van der Waals surface area (Å²) >= 11 is 3.48. The first kappa shape index (κ1) is 15.4. The molecule has 3 N–H and O–H groups in total. The number of hydrogen-bond donors (Lipinski definition) is 2. The van der Waals surface area contributed by atoms with Crippen LogP contribution in [0.15, 0.2) is 16.6 Å². The Morgan fingerprint density at radius 2 is 1.88 bits per heavy atom. The van der Waals surface area contributed by atoms with Crippen molar-refractivity contribution in [3.05, 3.63) is 27.7 Å². The van der Waals surface area contributed by atoms with Gasteiger partial charge in [-0.25, -0.2) is 0 Å². The zero-order chi connectivity index (χ0) is 11.4. The fourth-order valence-electron chi connectivity index (χ4n) is 1.37. The molecule has 0 spiro atoms. The highest BCUT2D eigenvalue weighted by Crippen LogP contribution is 2.24. The smallest absolute Gasteiger partial charge is 0.225 e. The van der Waals surface area contributed by atoms with Gasteiger partial charge in [0.1, 0.15) is 0 Å². The molecule has 0 aliphatic heterocycles. The normalized spacial score (nSPS) is 9.50. The third kappa shape index (κ3) is 4.12. The van der Waals surface area contributed by atoms with Crippen LogP contribution in [-0.4, -0.2) is 12.5 Å². The maximum absolute atomic E-state index is 11.3. The molecule has 0 radical (unpaired) electrons. The van der Waals surface area contributed by atoms with Crippen molar-refractivity contribution in [3.8, 4) is 0 Å². The van der Waals surface area contributed by atoms with Gasteiger partial charge < -0.3 is 11.1 Å². The average molecular weight is 308 g/mol. The topological polar surface area (TPSA) is 55.1 Å². The molecule has 0 heterocycles. The first-order valence-electron chi connectivity index (χ1n) is 4.81. The van der Waals surface area contributed by atoms with E-state index in [4.69, 9.17) is 5.73 Å². The molecule has 1 aromatic carbocycles. The quantitative estimate of drug-likeness (QED) is 0.902. The summed E-state index contributed by atoms with van der Waals surface area (Å²) < 4.78 is 1.08. The molecule has 0 bridgehead atoms. The third-order valence-electron chi connectivity index (χ3n) is 2.09. The average Bonchev–Trinajstić information content (AvgIpc) is 2.14. The Hall–Kier alpha value is -0.580. The lowest BCUT2D eigenvalue weighted by Gasteiger charge is -2.09. The fraction of sp³-hybridized carbons (Fsp3) is 0.364.